The Labute approximate surface area is 207 Å². The Hall–Kier alpha value is -3.73. The van der Waals surface area contributed by atoms with Gasteiger partial charge in [-0.25, -0.2) is 14.4 Å². The predicted octanol–water partition coefficient (Wildman–Crippen LogP) is 6.51. The molecule has 5 nitrogen and oxygen atoms in total. The lowest BCUT2D eigenvalue weighted by atomic mass is 10.0. The van der Waals surface area contributed by atoms with Crippen molar-refractivity contribution < 1.29 is 23.9 Å². The van der Waals surface area contributed by atoms with E-state index in [0.29, 0.717) is 17.0 Å². The Bertz CT molecular complexity index is 1120. The van der Waals surface area contributed by atoms with Gasteiger partial charge in [-0.05, 0) is 60.6 Å². The lowest BCUT2D eigenvalue weighted by molar-refractivity contribution is -0.148. The molecule has 0 N–H and O–H groups in total. The van der Waals surface area contributed by atoms with Crippen LogP contribution in [-0.4, -0.2) is 17.9 Å². The minimum absolute atomic E-state index is 0.256. The second-order valence-corrected chi connectivity index (χ2v) is 9.00. The van der Waals surface area contributed by atoms with E-state index >= 15 is 0 Å². The van der Waals surface area contributed by atoms with E-state index in [1.807, 2.05) is 24.3 Å². The zero-order valence-corrected chi connectivity index (χ0v) is 20.5. The molecular weight excluding hydrogens is 440 g/mol. The first kappa shape index (κ1) is 25.9. The molecule has 1 unspecified atom stereocenters. The molecule has 35 heavy (non-hydrogen) atoms. The summed E-state index contributed by atoms with van der Waals surface area (Å²) in [7, 11) is 0. The summed E-state index contributed by atoms with van der Waals surface area (Å²) in [6.45, 7) is 6.36. The summed E-state index contributed by atoms with van der Waals surface area (Å²) in [5, 5.41) is 0. The summed E-state index contributed by atoms with van der Waals surface area (Å²) < 4.78 is 10.7. The minimum Gasteiger partial charge on any atom is -0.442 e. The zero-order chi connectivity index (χ0) is 25.2. The minimum atomic E-state index is -1.37. The Morgan fingerprint density at radius 3 is 1.89 bits per heavy atom. The van der Waals surface area contributed by atoms with Gasteiger partial charge in [0.1, 0.15) is 0 Å². The van der Waals surface area contributed by atoms with E-state index in [9.17, 15) is 14.4 Å². The first-order chi connectivity index (χ1) is 16.9. The lowest BCUT2D eigenvalue weighted by Crippen LogP contribution is -2.24. The van der Waals surface area contributed by atoms with E-state index in [0.717, 1.165) is 36.8 Å². The van der Waals surface area contributed by atoms with Crippen LogP contribution >= 0.6 is 0 Å². The largest absolute Gasteiger partial charge is 0.442 e. The van der Waals surface area contributed by atoms with Crippen molar-refractivity contribution in [2.45, 2.75) is 52.6 Å². The second-order valence-electron chi connectivity index (χ2n) is 9.00. The van der Waals surface area contributed by atoms with Crippen LogP contribution in [0.25, 0.3) is 0 Å². The van der Waals surface area contributed by atoms with Crippen molar-refractivity contribution in [2.75, 3.05) is 0 Å². The van der Waals surface area contributed by atoms with Crippen LogP contribution in [0, 0.1) is 5.92 Å². The van der Waals surface area contributed by atoms with Gasteiger partial charge in [-0.2, -0.15) is 0 Å². The van der Waals surface area contributed by atoms with Crippen molar-refractivity contribution in [3.05, 3.63) is 107 Å². The number of hydrogen-bond acceptors (Lipinski definition) is 5. The van der Waals surface area contributed by atoms with E-state index in [-0.39, 0.29) is 5.56 Å². The molecule has 1 atom stereocenters. The van der Waals surface area contributed by atoms with Crippen molar-refractivity contribution in [2.24, 2.45) is 5.92 Å². The Morgan fingerprint density at radius 2 is 1.31 bits per heavy atom. The van der Waals surface area contributed by atoms with Crippen LogP contribution in [0.5, 0.6) is 0 Å². The average Bonchev–Trinajstić information content (AvgIpc) is 2.86. The van der Waals surface area contributed by atoms with Crippen LogP contribution in [0.4, 0.5) is 0 Å². The van der Waals surface area contributed by atoms with Gasteiger partial charge >= 0.3 is 17.9 Å². The molecule has 5 heteroatoms. The molecule has 0 radical (unpaired) electrons. The fourth-order valence-electron chi connectivity index (χ4n) is 3.70. The summed E-state index contributed by atoms with van der Waals surface area (Å²) in [5.74, 6) is -1.91. The lowest BCUT2D eigenvalue weighted by Gasteiger charge is -2.17. The molecule has 0 saturated heterocycles. The molecule has 3 aromatic rings. The summed E-state index contributed by atoms with van der Waals surface area (Å²) in [6, 6.07) is 22.6. The van der Waals surface area contributed by atoms with Crippen molar-refractivity contribution in [3.63, 3.8) is 0 Å². The van der Waals surface area contributed by atoms with Gasteiger partial charge in [0.2, 0.25) is 6.10 Å². The van der Waals surface area contributed by atoms with Crippen LogP contribution in [-0.2, 0) is 27.1 Å². The molecule has 0 saturated carbocycles. The molecule has 0 fully saturated rings. The molecule has 0 aliphatic heterocycles. The van der Waals surface area contributed by atoms with E-state index < -0.39 is 24.0 Å². The van der Waals surface area contributed by atoms with Gasteiger partial charge in [-0.15, -0.1) is 0 Å². The second kappa shape index (κ2) is 12.7. The van der Waals surface area contributed by atoms with Gasteiger partial charge in [0, 0.05) is 5.56 Å². The Morgan fingerprint density at radius 1 is 0.743 bits per heavy atom. The Kier molecular flexibility index (Phi) is 9.36. The molecule has 0 amide bonds. The zero-order valence-electron chi connectivity index (χ0n) is 20.5. The number of benzene rings is 3. The molecule has 0 bridgehead atoms. The van der Waals surface area contributed by atoms with Gasteiger partial charge in [-0.1, -0.05) is 81.8 Å². The number of rotatable bonds is 10. The number of hydrogen-bond donors (Lipinski definition) is 0. The fraction of sp³-hybridized carbons (Fsp3) is 0.300. The fourth-order valence-corrected chi connectivity index (χ4v) is 3.70. The summed E-state index contributed by atoms with van der Waals surface area (Å²) in [4.78, 5) is 38.4. The summed E-state index contributed by atoms with van der Waals surface area (Å²) in [5.41, 5.74) is 3.23. The maximum atomic E-state index is 13.0. The van der Waals surface area contributed by atoms with Crippen LogP contribution in [0.3, 0.4) is 0 Å². The van der Waals surface area contributed by atoms with Crippen molar-refractivity contribution >= 4 is 17.9 Å². The van der Waals surface area contributed by atoms with Crippen molar-refractivity contribution in [3.8, 4) is 0 Å². The first-order valence-electron chi connectivity index (χ1n) is 12.1. The van der Waals surface area contributed by atoms with E-state index in [4.69, 9.17) is 9.47 Å². The highest BCUT2D eigenvalue weighted by Crippen LogP contribution is 2.22. The topological polar surface area (TPSA) is 69.7 Å². The van der Waals surface area contributed by atoms with Crippen molar-refractivity contribution in [1.82, 2.24) is 0 Å². The number of aryl methyl sites for hydroxylation is 1. The molecule has 0 aromatic heterocycles. The monoisotopic (exact) mass is 472 g/mol. The van der Waals surface area contributed by atoms with Gasteiger partial charge in [0.25, 0.3) is 0 Å². The third kappa shape index (κ3) is 7.64. The standard InChI is InChI=1S/C30H32O5/c1-4-5-9-22-12-16-25(17-13-22)28(31)34-27(24-10-7-6-8-11-24)30(33)35-29(32)26-18-14-23(15-19-26)20-21(2)3/h6-8,10-19,21,27H,4-5,9,20H2,1-3H3. The van der Waals surface area contributed by atoms with Crippen LogP contribution in [0.1, 0.15) is 77.1 Å². The third-order valence-corrected chi connectivity index (χ3v) is 5.58. The molecule has 0 spiro atoms. The highest BCUT2D eigenvalue weighted by molar-refractivity contribution is 5.99. The average molecular weight is 473 g/mol. The normalized spacial score (nSPS) is 11.7. The first-order valence-corrected chi connectivity index (χ1v) is 12.1. The summed E-state index contributed by atoms with van der Waals surface area (Å²) >= 11 is 0. The quantitative estimate of drug-likeness (QED) is 0.248. The number of unbranched alkanes of at least 4 members (excludes halogenated alkanes) is 1. The number of carbonyl (C=O) groups is 3. The highest BCUT2D eigenvalue weighted by Gasteiger charge is 2.29. The maximum absolute atomic E-state index is 13.0. The third-order valence-electron chi connectivity index (χ3n) is 5.58. The molecule has 3 aromatic carbocycles. The summed E-state index contributed by atoms with van der Waals surface area (Å²) in [6.07, 6.45) is 2.62. The van der Waals surface area contributed by atoms with E-state index in [1.54, 1.807) is 54.6 Å². The van der Waals surface area contributed by atoms with E-state index in [1.165, 1.54) is 0 Å². The van der Waals surface area contributed by atoms with Gasteiger partial charge in [0.05, 0.1) is 11.1 Å². The van der Waals surface area contributed by atoms with Crippen molar-refractivity contribution in [1.29, 1.82) is 0 Å². The van der Waals surface area contributed by atoms with E-state index in [2.05, 4.69) is 20.8 Å². The molecule has 182 valence electrons. The van der Waals surface area contributed by atoms with Crippen LogP contribution in [0.2, 0.25) is 0 Å². The highest BCUT2D eigenvalue weighted by atomic mass is 16.6. The number of ether oxygens (including phenoxy) is 2. The molecule has 0 aliphatic rings. The smallest absolute Gasteiger partial charge is 0.360 e. The molecule has 0 aliphatic carbocycles. The Balaban J connectivity index is 1.72. The SMILES string of the molecule is CCCCc1ccc(C(=O)OC(C(=O)OC(=O)c2ccc(CC(C)C)cc2)c2ccccc2)cc1. The number of esters is 3. The van der Waals surface area contributed by atoms with Crippen LogP contribution in [0.15, 0.2) is 78.9 Å². The van der Waals surface area contributed by atoms with Gasteiger partial charge in [-0.3, -0.25) is 0 Å². The number of carbonyl (C=O) groups excluding carboxylic acids is 3. The molecular formula is C30H32O5. The molecule has 3 rings (SSSR count). The predicted molar refractivity (Wildman–Crippen MR) is 135 cm³/mol. The van der Waals surface area contributed by atoms with Crippen LogP contribution < -0.4 is 0 Å². The molecule has 0 heterocycles. The van der Waals surface area contributed by atoms with Gasteiger partial charge < -0.3 is 9.47 Å². The van der Waals surface area contributed by atoms with Gasteiger partial charge in [0.15, 0.2) is 0 Å². The maximum Gasteiger partial charge on any atom is 0.360 e.